The molecule has 1 aromatic carbocycles. The fraction of sp³-hybridized carbons (Fsp3) is 0.600. The number of piperidine rings is 1. The van der Waals surface area contributed by atoms with Crippen molar-refractivity contribution in [1.82, 2.24) is 10.2 Å². The number of carbonyl (C=O) groups is 2. The summed E-state index contributed by atoms with van der Waals surface area (Å²) in [6, 6.07) is 3.15. The average Bonchev–Trinajstić information content (AvgIpc) is 3.17. The summed E-state index contributed by atoms with van der Waals surface area (Å²) >= 11 is 6.03. The van der Waals surface area contributed by atoms with Crippen LogP contribution in [0.15, 0.2) is 18.2 Å². The van der Waals surface area contributed by atoms with Crippen LogP contribution in [0.5, 0.6) is 0 Å². The van der Waals surface area contributed by atoms with E-state index in [0.717, 1.165) is 12.5 Å². The molecule has 1 aliphatic heterocycles. The van der Waals surface area contributed by atoms with Gasteiger partial charge >= 0.3 is 0 Å². The van der Waals surface area contributed by atoms with Gasteiger partial charge in [-0.1, -0.05) is 37.3 Å². The molecule has 5 nitrogen and oxygen atoms in total. The molecule has 2 fully saturated rings. The maximum Gasteiger partial charge on any atom is 0.255 e. The molecule has 0 unspecified atom stereocenters. The van der Waals surface area contributed by atoms with Crippen LogP contribution in [0.2, 0.25) is 5.02 Å². The number of hydrogen-bond donors (Lipinski definition) is 2. The number of hydrogen-bond acceptors (Lipinski definition) is 3. The van der Waals surface area contributed by atoms with E-state index in [4.69, 9.17) is 11.6 Å². The van der Waals surface area contributed by atoms with Crippen molar-refractivity contribution in [2.45, 2.75) is 57.1 Å². The quantitative estimate of drug-likeness (QED) is 0.803. The summed E-state index contributed by atoms with van der Waals surface area (Å²) in [5, 5.41) is 13.3. The number of aliphatic hydroxyl groups excluding tert-OH is 1. The zero-order valence-corrected chi connectivity index (χ0v) is 16.1. The van der Waals surface area contributed by atoms with E-state index in [2.05, 4.69) is 5.32 Å². The molecular formula is C20H26ClFN2O3. The molecule has 1 heterocycles. The molecule has 1 saturated heterocycles. The molecule has 0 radical (unpaired) electrons. The van der Waals surface area contributed by atoms with Gasteiger partial charge in [0.1, 0.15) is 5.82 Å². The van der Waals surface area contributed by atoms with Crippen molar-refractivity contribution in [1.29, 1.82) is 0 Å². The highest BCUT2D eigenvalue weighted by molar-refractivity contribution is 6.33. The van der Waals surface area contributed by atoms with E-state index in [1.165, 1.54) is 42.7 Å². The van der Waals surface area contributed by atoms with Gasteiger partial charge in [0.2, 0.25) is 5.91 Å². The van der Waals surface area contributed by atoms with Crippen LogP contribution in [-0.4, -0.2) is 47.1 Å². The zero-order valence-electron chi connectivity index (χ0n) is 15.3. The van der Waals surface area contributed by atoms with Gasteiger partial charge < -0.3 is 15.3 Å². The molecular weight excluding hydrogens is 371 g/mol. The summed E-state index contributed by atoms with van der Waals surface area (Å²) in [5.74, 6) is -0.391. The number of rotatable bonds is 5. The van der Waals surface area contributed by atoms with E-state index in [0.29, 0.717) is 25.3 Å². The highest BCUT2D eigenvalue weighted by Crippen LogP contribution is 2.28. The molecule has 0 aromatic heterocycles. The Hall–Kier alpha value is -1.66. The molecule has 1 aliphatic carbocycles. The first-order chi connectivity index (χ1) is 12.9. The van der Waals surface area contributed by atoms with Gasteiger partial charge in [0.15, 0.2) is 0 Å². The number of amides is 2. The van der Waals surface area contributed by atoms with Crippen molar-refractivity contribution in [3.05, 3.63) is 34.6 Å². The fourth-order valence-corrected chi connectivity index (χ4v) is 4.21. The lowest BCUT2D eigenvalue weighted by molar-refractivity contribution is -0.123. The van der Waals surface area contributed by atoms with Crippen molar-refractivity contribution in [2.24, 2.45) is 5.92 Å². The van der Waals surface area contributed by atoms with Crippen molar-refractivity contribution in [3.63, 3.8) is 0 Å². The van der Waals surface area contributed by atoms with Crippen LogP contribution >= 0.6 is 11.6 Å². The van der Waals surface area contributed by atoms with Crippen LogP contribution < -0.4 is 5.32 Å². The summed E-state index contributed by atoms with van der Waals surface area (Å²) in [6.07, 6.45) is 5.83. The lowest BCUT2D eigenvalue weighted by Gasteiger charge is -2.36. The van der Waals surface area contributed by atoms with E-state index in [1.54, 1.807) is 0 Å². The van der Waals surface area contributed by atoms with Crippen molar-refractivity contribution in [3.8, 4) is 0 Å². The first-order valence-electron chi connectivity index (χ1n) is 9.66. The molecule has 2 N–H and O–H groups in total. The Kier molecular flexibility index (Phi) is 6.71. The Balaban J connectivity index is 1.57. The Bertz CT molecular complexity index is 694. The van der Waals surface area contributed by atoms with Crippen molar-refractivity contribution in [2.75, 3.05) is 13.1 Å². The molecule has 3 rings (SSSR count). The number of aliphatic hydroxyl groups is 1. The lowest BCUT2D eigenvalue weighted by Crippen LogP contribution is -2.56. The standard InChI is InChI=1S/C20H26ClFN2O3/c21-16-7-6-14(22)11-15(16)20(27)24-10-9-18(25)17(12-24)23-19(26)8-5-13-3-1-2-4-13/h6-7,11,13,17-18,25H,1-5,8-10,12H2,(H,23,26)/t17-,18+/m1/s1. The third kappa shape index (κ3) is 5.20. The highest BCUT2D eigenvalue weighted by atomic mass is 35.5. The minimum absolute atomic E-state index is 0.0935. The number of benzene rings is 1. The van der Waals surface area contributed by atoms with Gasteiger partial charge in [0.05, 0.1) is 22.7 Å². The molecule has 7 heteroatoms. The first-order valence-corrected chi connectivity index (χ1v) is 10.0. The molecule has 0 bridgehead atoms. The second kappa shape index (κ2) is 9.02. The van der Waals surface area contributed by atoms with E-state index >= 15 is 0 Å². The molecule has 2 atom stereocenters. The molecule has 148 valence electrons. The third-order valence-corrected chi connectivity index (χ3v) is 5.95. The SMILES string of the molecule is O=C(CCC1CCCC1)N[C@@H]1CN(C(=O)c2cc(F)ccc2Cl)CC[C@@H]1O. The number of nitrogens with one attached hydrogen (secondary N) is 1. The normalized spacial score (nSPS) is 23.4. The number of nitrogens with zero attached hydrogens (tertiary/aromatic N) is 1. The second-order valence-electron chi connectivity index (χ2n) is 7.59. The maximum absolute atomic E-state index is 13.5. The van der Waals surface area contributed by atoms with E-state index < -0.39 is 23.9 Å². The fourth-order valence-electron chi connectivity index (χ4n) is 4.01. The molecule has 2 amide bonds. The average molecular weight is 397 g/mol. The second-order valence-corrected chi connectivity index (χ2v) is 8.00. The van der Waals surface area contributed by atoms with Gasteiger partial charge in [-0.3, -0.25) is 9.59 Å². The van der Waals surface area contributed by atoms with Gasteiger partial charge in [0, 0.05) is 19.5 Å². The Morgan fingerprint density at radius 1 is 1.26 bits per heavy atom. The smallest absolute Gasteiger partial charge is 0.255 e. The van der Waals surface area contributed by atoms with Crippen LogP contribution in [0.3, 0.4) is 0 Å². The van der Waals surface area contributed by atoms with Crippen LogP contribution in [0, 0.1) is 11.7 Å². The molecule has 0 spiro atoms. The van der Waals surface area contributed by atoms with Crippen LogP contribution in [0.25, 0.3) is 0 Å². The van der Waals surface area contributed by atoms with Gasteiger partial charge in [0.25, 0.3) is 5.91 Å². The van der Waals surface area contributed by atoms with E-state index in [1.807, 2.05) is 0 Å². The molecule has 27 heavy (non-hydrogen) atoms. The largest absolute Gasteiger partial charge is 0.391 e. The van der Waals surface area contributed by atoms with E-state index in [9.17, 15) is 19.1 Å². The third-order valence-electron chi connectivity index (χ3n) is 5.62. The predicted molar refractivity (Wildman–Crippen MR) is 101 cm³/mol. The van der Waals surface area contributed by atoms with Crippen LogP contribution in [0.1, 0.15) is 55.3 Å². The van der Waals surface area contributed by atoms with E-state index in [-0.39, 0.29) is 23.0 Å². The monoisotopic (exact) mass is 396 g/mol. The number of halogens is 2. The molecule has 1 saturated carbocycles. The topological polar surface area (TPSA) is 69.6 Å². The summed E-state index contributed by atoms with van der Waals surface area (Å²) in [7, 11) is 0. The number of carbonyl (C=O) groups excluding carboxylic acids is 2. The molecule has 1 aromatic rings. The summed E-state index contributed by atoms with van der Waals surface area (Å²) in [6.45, 7) is 0.517. The maximum atomic E-state index is 13.5. The first kappa shape index (κ1) is 20.1. The van der Waals surface area contributed by atoms with Crippen LogP contribution in [0.4, 0.5) is 4.39 Å². The van der Waals surface area contributed by atoms with Gasteiger partial charge in [-0.25, -0.2) is 4.39 Å². The summed E-state index contributed by atoms with van der Waals surface area (Å²) < 4.78 is 13.5. The Labute approximate surface area is 163 Å². The zero-order chi connectivity index (χ0) is 19.4. The van der Waals surface area contributed by atoms with Crippen molar-refractivity contribution >= 4 is 23.4 Å². The lowest BCUT2D eigenvalue weighted by atomic mass is 9.99. The Morgan fingerprint density at radius 3 is 2.74 bits per heavy atom. The van der Waals surface area contributed by atoms with Gasteiger partial charge in [-0.05, 0) is 37.0 Å². The Morgan fingerprint density at radius 2 is 2.00 bits per heavy atom. The van der Waals surface area contributed by atoms with Gasteiger partial charge in [-0.15, -0.1) is 0 Å². The highest BCUT2D eigenvalue weighted by Gasteiger charge is 2.32. The minimum Gasteiger partial charge on any atom is -0.391 e. The number of likely N-dealkylation sites (tertiary alicyclic amines) is 1. The van der Waals surface area contributed by atoms with Crippen LogP contribution in [-0.2, 0) is 4.79 Å². The predicted octanol–water partition coefficient (Wildman–Crippen LogP) is 3.14. The summed E-state index contributed by atoms with van der Waals surface area (Å²) in [4.78, 5) is 26.5. The summed E-state index contributed by atoms with van der Waals surface area (Å²) in [5.41, 5.74) is 0.0966. The minimum atomic E-state index is -0.701. The van der Waals surface area contributed by atoms with Crippen molar-refractivity contribution < 1.29 is 19.1 Å². The molecule has 2 aliphatic rings. The van der Waals surface area contributed by atoms with Gasteiger partial charge in [-0.2, -0.15) is 0 Å².